The van der Waals surface area contributed by atoms with Crippen molar-refractivity contribution < 1.29 is 14.3 Å². The number of likely N-dealkylation sites (tertiary alicyclic amines) is 1. The van der Waals surface area contributed by atoms with Crippen molar-refractivity contribution in [1.29, 1.82) is 0 Å². The van der Waals surface area contributed by atoms with Crippen molar-refractivity contribution >= 4 is 11.8 Å². The molecule has 0 aromatic heterocycles. The number of benzene rings is 1. The minimum atomic E-state index is -0.323. The van der Waals surface area contributed by atoms with Crippen molar-refractivity contribution in [3.63, 3.8) is 0 Å². The third-order valence-electron chi connectivity index (χ3n) is 7.82. The van der Waals surface area contributed by atoms with E-state index in [1.54, 1.807) is 12.1 Å². The number of rotatable bonds is 6. The second kappa shape index (κ2) is 9.89. The summed E-state index contributed by atoms with van der Waals surface area (Å²) in [6, 6.07) is 5.84. The first-order valence-electron chi connectivity index (χ1n) is 12.5. The fraction of sp³-hybridized carbons (Fsp3) is 0.680. The SMILES string of the molecule is O=C1NC(=O)c2cc(OC3CCN(CC4CCNCC4)C(CC4CCNCC4)C3)ccc21. The molecule has 1 aromatic rings. The quantitative estimate of drug-likeness (QED) is 0.588. The van der Waals surface area contributed by atoms with E-state index in [0.29, 0.717) is 22.9 Å². The van der Waals surface area contributed by atoms with E-state index >= 15 is 0 Å². The third-order valence-corrected chi connectivity index (χ3v) is 7.82. The highest BCUT2D eigenvalue weighted by Gasteiger charge is 2.34. The molecule has 0 saturated carbocycles. The van der Waals surface area contributed by atoms with Crippen LogP contribution in [-0.4, -0.2) is 68.1 Å². The monoisotopic (exact) mass is 440 g/mol. The van der Waals surface area contributed by atoms with E-state index in [9.17, 15) is 9.59 Å². The van der Waals surface area contributed by atoms with Crippen LogP contribution >= 0.6 is 0 Å². The highest BCUT2D eigenvalue weighted by molar-refractivity contribution is 6.21. The van der Waals surface area contributed by atoms with Gasteiger partial charge in [-0.25, -0.2) is 0 Å². The summed E-state index contributed by atoms with van der Waals surface area (Å²) in [5.41, 5.74) is 0.880. The van der Waals surface area contributed by atoms with Gasteiger partial charge in [0, 0.05) is 19.1 Å². The Labute approximate surface area is 190 Å². The Bertz CT molecular complexity index is 832. The molecule has 3 N–H and O–H groups in total. The first-order valence-corrected chi connectivity index (χ1v) is 12.5. The molecule has 4 aliphatic heterocycles. The molecule has 0 aliphatic carbocycles. The van der Waals surface area contributed by atoms with E-state index in [4.69, 9.17) is 4.74 Å². The summed E-state index contributed by atoms with van der Waals surface area (Å²) in [6.07, 6.45) is 8.58. The molecule has 7 heteroatoms. The number of fused-ring (bicyclic) bond motifs is 1. The summed E-state index contributed by atoms with van der Waals surface area (Å²) in [5, 5.41) is 9.35. The van der Waals surface area contributed by atoms with Gasteiger partial charge in [-0.1, -0.05) is 0 Å². The molecule has 0 radical (unpaired) electrons. The number of nitrogens with one attached hydrogen (secondary N) is 3. The topological polar surface area (TPSA) is 82.7 Å². The largest absolute Gasteiger partial charge is 0.490 e. The highest BCUT2D eigenvalue weighted by atomic mass is 16.5. The van der Waals surface area contributed by atoms with Crippen LogP contribution in [0.5, 0.6) is 5.75 Å². The molecule has 2 amide bonds. The average molecular weight is 441 g/mol. The lowest BCUT2D eigenvalue weighted by molar-refractivity contribution is 0.0300. The van der Waals surface area contributed by atoms with E-state index in [-0.39, 0.29) is 17.9 Å². The summed E-state index contributed by atoms with van der Waals surface area (Å²) in [4.78, 5) is 26.6. The van der Waals surface area contributed by atoms with Crippen LogP contribution in [0.4, 0.5) is 0 Å². The van der Waals surface area contributed by atoms with Gasteiger partial charge in [0.15, 0.2) is 0 Å². The molecule has 2 atom stereocenters. The number of amides is 2. The molecular formula is C25H36N4O3. The Balaban J connectivity index is 1.25. The molecule has 32 heavy (non-hydrogen) atoms. The van der Waals surface area contributed by atoms with Gasteiger partial charge >= 0.3 is 0 Å². The van der Waals surface area contributed by atoms with Crippen molar-refractivity contribution in [3.8, 4) is 5.75 Å². The summed E-state index contributed by atoms with van der Waals surface area (Å²) in [7, 11) is 0. The second-order valence-corrected chi connectivity index (χ2v) is 10.0. The summed E-state index contributed by atoms with van der Waals surface area (Å²) in [5.74, 6) is 1.66. The smallest absolute Gasteiger partial charge is 0.259 e. The number of nitrogens with zero attached hydrogens (tertiary/aromatic N) is 1. The van der Waals surface area contributed by atoms with Gasteiger partial charge in [0.2, 0.25) is 0 Å². The van der Waals surface area contributed by atoms with Gasteiger partial charge in [-0.05, 0) is 101 Å². The lowest BCUT2D eigenvalue weighted by atomic mass is 9.85. The molecular weight excluding hydrogens is 404 g/mol. The van der Waals surface area contributed by atoms with Crippen LogP contribution in [0.2, 0.25) is 0 Å². The Kier molecular flexibility index (Phi) is 6.76. The molecule has 4 aliphatic rings. The maximum Gasteiger partial charge on any atom is 0.259 e. The second-order valence-electron chi connectivity index (χ2n) is 10.0. The predicted octanol–water partition coefficient (Wildman–Crippen LogP) is 2.17. The Morgan fingerprint density at radius 3 is 2.31 bits per heavy atom. The van der Waals surface area contributed by atoms with E-state index in [1.807, 2.05) is 6.07 Å². The molecule has 1 aromatic carbocycles. The van der Waals surface area contributed by atoms with E-state index in [2.05, 4.69) is 20.9 Å². The number of carbonyl (C=O) groups excluding carboxylic acids is 2. The van der Waals surface area contributed by atoms with Crippen LogP contribution in [0, 0.1) is 11.8 Å². The van der Waals surface area contributed by atoms with Crippen LogP contribution in [0.15, 0.2) is 18.2 Å². The first kappa shape index (κ1) is 21.9. The molecule has 0 spiro atoms. The van der Waals surface area contributed by atoms with Gasteiger partial charge < -0.3 is 15.4 Å². The van der Waals surface area contributed by atoms with Gasteiger partial charge in [0.05, 0.1) is 11.1 Å². The van der Waals surface area contributed by atoms with Crippen molar-refractivity contribution in [3.05, 3.63) is 29.3 Å². The average Bonchev–Trinajstić information content (AvgIpc) is 3.10. The number of piperidine rings is 3. The van der Waals surface area contributed by atoms with Crippen LogP contribution in [0.1, 0.15) is 65.7 Å². The highest BCUT2D eigenvalue weighted by Crippen LogP contribution is 2.31. The third kappa shape index (κ3) is 5.00. The van der Waals surface area contributed by atoms with Gasteiger partial charge in [-0.3, -0.25) is 19.8 Å². The summed E-state index contributed by atoms with van der Waals surface area (Å²) < 4.78 is 6.38. The summed E-state index contributed by atoms with van der Waals surface area (Å²) in [6.45, 7) is 6.87. The standard InChI is InChI=1S/C25H36N4O3/c30-24-22-2-1-20(15-23(22)25(31)28-24)32-21-7-12-29(16-18-5-10-27-11-6-18)19(14-21)13-17-3-8-26-9-4-17/h1-2,15,17-19,21,26-27H,3-14,16H2,(H,28,30,31). The van der Waals surface area contributed by atoms with Crippen molar-refractivity contribution in [1.82, 2.24) is 20.9 Å². The normalized spacial score (nSPS) is 27.9. The fourth-order valence-electron chi connectivity index (χ4n) is 5.97. The van der Waals surface area contributed by atoms with Crippen LogP contribution in [0.25, 0.3) is 0 Å². The Morgan fingerprint density at radius 1 is 0.875 bits per heavy atom. The Morgan fingerprint density at radius 2 is 1.56 bits per heavy atom. The molecule has 4 heterocycles. The fourth-order valence-corrected chi connectivity index (χ4v) is 5.97. The zero-order chi connectivity index (χ0) is 21.9. The molecule has 3 fully saturated rings. The van der Waals surface area contributed by atoms with E-state index in [1.165, 1.54) is 38.6 Å². The van der Waals surface area contributed by atoms with Crippen LogP contribution < -0.4 is 20.7 Å². The molecule has 0 bridgehead atoms. The number of hydrogen-bond acceptors (Lipinski definition) is 6. The zero-order valence-corrected chi connectivity index (χ0v) is 18.9. The van der Waals surface area contributed by atoms with Crippen molar-refractivity contribution in [2.24, 2.45) is 11.8 Å². The molecule has 3 saturated heterocycles. The van der Waals surface area contributed by atoms with Crippen molar-refractivity contribution in [2.75, 3.05) is 39.3 Å². The summed E-state index contributed by atoms with van der Waals surface area (Å²) >= 11 is 0. The maximum absolute atomic E-state index is 12.0. The number of hydrogen-bond donors (Lipinski definition) is 3. The van der Waals surface area contributed by atoms with Gasteiger partial charge in [0.1, 0.15) is 11.9 Å². The lowest BCUT2D eigenvalue weighted by Gasteiger charge is -2.43. The number of imide groups is 1. The van der Waals surface area contributed by atoms with Crippen LogP contribution in [-0.2, 0) is 0 Å². The first-order chi connectivity index (χ1) is 15.7. The minimum absolute atomic E-state index is 0.157. The lowest BCUT2D eigenvalue weighted by Crippen LogP contribution is -2.49. The van der Waals surface area contributed by atoms with Gasteiger partial charge in [-0.15, -0.1) is 0 Å². The van der Waals surface area contributed by atoms with Gasteiger partial charge in [0.25, 0.3) is 11.8 Å². The number of carbonyl (C=O) groups is 2. The minimum Gasteiger partial charge on any atom is -0.490 e. The molecule has 2 unspecified atom stereocenters. The number of ether oxygens (including phenoxy) is 1. The predicted molar refractivity (Wildman–Crippen MR) is 123 cm³/mol. The van der Waals surface area contributed by atoms with Crippen LogP contribution in [0.3, 0.4) is 0 Å². The zero-order valence-electron chi connectivity index (χ0n) is 18.9. The molecule has 174 valence electrons. The van der Waals surface area contributed by atoms with Gasteiger partial charge in [-0.2, -0.15) is 0 Å². The van der Waals surface area contributed by atoms with E-state index < -0.39 is 0 Å². The Hall–Kier alpha value is -1.96. The van der Waals surface area contributed by atoms with Crippen molar-refractivity contribution in [2.45, 2.75) is 57.1 Å². The molecule has 7 nitrogen and oxygen atoms in total. The maximum atomic E-state index is 12.0. The van der Waals surface area contributed by atoms with E-state index in [0.717, 1.165) is 57.4 Å². The molecule has 5 rings (SSSR count).